The third-order valence-corrected chi connectivity index (χ3v) is 8.72. The van der Waals surface area contributed by atoms with Crippen LogP contribution in [0.3, 0.4) is 0 Å². The highest BCUT2D eigenvalue weighted by Crippen LogP contribution is 2.29. The maximum Gasteiger partial charge on any atom is 0.245 e. The molecule has 0 bridgehead atoms. The Balaban J connectivity index is 1.22. The molecule has 1 heterocycles. The normalized spacial score (nSPS) is 21.1. The van der Waals surface area contributed by atoms with Gasteiger partial charge in [0, 0.05) is 25.6 Å². The second-order valence-electron chi connectivity index (χ2n) is 9.89. The lowest BCUT2D eigenvalue weighted by Crippen LogP contribution is -2.50. The van der Waals surface area contributed by atoms with Gasteiger partial charge in [0.1, 0.15) is 6.04 Å². The van der Waals surface area contributed by atoms with E-state index in [1.54, 1.807) is 31.2 Å². The molecule has 1 saturated carbocycles. The first-order valence-electron chi connectivity index (χ1n) is 12.4. The predicted molar refractivity (Wildman–Crippen MR) is 135 cm³/mol. The molecule has 1 aliphatic carbocycles. The van der Waals surface area contributed by atoms with Crippen LogP contribution in [0.5, 0.6) is 0 Å². The summed E-state index contributed by atoms with van der Waals surface area (Å²) < 4.78 is 27.8. The van der Waals surface area contributed by atoms with Gasteiger partial charge < -0.3 is 10.2 Å². The average molecular weight is 498 g/mol. The van der Waals surface area contributed by atoms with E-state index in [0.29, 0.717) is 32.5 Å². The number of hydrogen-bond donors (Lipinski definition) is 2. The first-order chi connectivity index (χ1) is 16.7. The zero-order chi connectivity index (χ0) is 25.0. The molecule has 1 aliphatic heterocycles. The molecule has 2 aromatic carbocycles. The quantitative estimate of drug-likeness (QED) is 0.614. The molecule has 0 saturated heterocycles. The molecule has 188 valence electrons. The number of fused-ring (bicyclic) bond motifs is 1. The first kappa shape index (κ1) is 25.4. The Hall–Kier alpha value is -2.71. The smallest absolute Gasteiger partial charge is 0.245 e. The molecule has 1 fully saturated rings. The van der Waals surface area contributed by atoms with E-state index in [9.17, 15) is 18.0 Å². The summed E-state index contributed by atoms with van der Waals surface area (Å²) in [5.74, 6) is -0.0713. The molecule has 0 radical (unpaired) electrons. The summed E-state index contributed by atoms with van der Waals surface area (Å²) in [5, 5.41) is 2.93. The lowest BCUT2D eigenvalue weighted by atomic mass is 9.81. The van der Waals surface area contributed by atoms with Gasteiger partial charge in [0.25, 0.3) is 0 Å². The molecular formula is C27H35N3O4S. The minimum atomic E-state index is -3.53. The van der Waals surface area contributed by atoms with Crippen molar-refractivity contribution in [3.8, 4) is 0 Å². The molecule has 2 amide bonds. The van der Waals surface area contributed by atoms with E-state index in [0.717, 1.165) is 24.8 Å². The predicted octanol–water partition coefficient (Wildman–Crippen LogP) is 3.17. The number of amides is 2. The number of nitrogens with one attached hydrogen (secondary N) is 2. The Labute approximate surface area is 208 Å². The summed E-state index contributed by atoms with van der Waals surface area (Å²) in [6.45, 7) is 5.29. The molecule has 0 spiro atoms. The van der Waals surface area contributed by atoms with Crippen molar-refractivity contribution < 1.29 is 18.0 Å². The molecule has 1 atom stereocenters. The number of sulfonamides is 1. The fourth-order valence-electron chi connectivity index (χ4n) is 5.01. The Bertz CT molecular complexity index is 1160. The van der Waals surface area contributed by atoms with E-state index < -0.39 is 16.1 Å². The highest BCUT2D eigenvalue weighted by atomic mass is 32.2. The van der Waals surface area contributed by atoms with Crippen LogP contribution in [0.4, 0.5) is 0 Å². The van der Waals surface area contributed by atoms with Crippen molar-refractivity contribution in [2.75, 3.05) is 13.1 Å². The number of hydrogen-bond acceptors (Lipinski definition) is 4. The monoisotopic (exact) mass is 497 g/mol. The molecule has 2 aliphatic rings. The van der Waals surface area contributed by atoms with Crippen molar-refractivity contribution in [3.63, 3.8) is 0 Å². The minimum Gasteiger partial charge on any atom is -0.344 e. The van der Waals surface area contributed by atoms with Gasteiger partial charge in [-0.2, -0.15) is 0 Å². The molecule has 8 heteroatoms. The highest BCUT2D eigenvalue weighted by molar-refractivity contribution is 7.89. The van der Waals surface area contributed by atoms with Gasteiger partial charge >= 0.3 is 0 Å². The maximum absolute atomic E-state index is 12.9. The van der Waals surface area contributed by atoms with E-state index >= 15 is 0 Å². The number of carbonyl (C=O) groups excluding carboxylic acids is 2. The number of aryl methyl sites for hydroxylation is 1. The lowest BCUT2D eigenvalue weighted by molar-refractivity contribution is -0.138. The first-order valence-corrected chi connectivity index (χ1v) is 13.9. The largest absolute Gasteiger partial charge is 0.344 e. The maximum atomic E-state index is 12.9. The molecule has 2 N–H and O–H groups in total. The average Bonchev–Trinajstić information content (AvgIpc) is 2.87. The van der Waals surface area contributed by atoms with Crippen LogP contribution >= 0.6 is 0 Å². The number of carbonyl (C=O) groups is 2. The van der Waals surface area contributed by atoms with Crippen LogP contribution in [0, 0.1) is 18.8 Å². The highest BCUT2D eigenvalue weighted by Gasteiger charge is 2.31. The van der Waals surface area contributed by atoms with E-state index in [2.05, 4.69) is 22.2 Å². The van der Waals surface area contributed by atoms with Gasteiger partial charge in [-0.1, -0.05) is 42.0 Å². The lowest BCUT2D eigenvalue weighted by Gasteiger charge is -2.32. The molecule has 7 nitrogen and oxygen atoms in total. The number of benzene rings is 2. The van der Waals surface area contributed by atoms with Gasteiger partial charge in [0.05, 0.1) is 4.90 Å². The van der Waals surface area contributed by atoms with Crippen LogP contribution in [0.1, 0.15) is 49.3 Å². The van der Waals surface area contributed by atoms with Gasteiger partial charge in [-0.05, 0) is 75.1 Å². The molecule has 4 rings (SSSR count). The third-order valence-electron chi connectivity index (χ3n) is 7.28. The zero-order valence-electron chi connectivity index (χ0n) is 20.5. The van der Waals surface area contributed by atoms with Gasteiger partial charge in [-0.25, -0.2) is 13.1 Å². The van der Waals surface area contributed by atoms with E-state index in [4.69, 9.17) is 0 Å². The van der Waals surface area contributed by atoms with Gasteiger partial charge in [-0.15, -0.1) is 0 Å². The van der Waals surface area contributed by atoms with E-state index in [1.165, 1.54) is 11.1 Å². The molecular weight excluding hydrogens is 462 g/mol. The van der Waals surface area contributed by atoms with Crippen LogP contribution in [0.15, 0.2) is 53.4 Å². The minimum absolute atomic E-state index is 0.0490. The Morgan fingerprint density at radius 1 is 1.00 bits per heavy atom. The van der Waals surface area contributed by atoms with Gasteiger partial charge in [-0.3, -0.25) is 9.59 Å². The Kier molecular flexibility index (Phi) is 7.91. The molecule has 0 unspecified atom stereocenters. The van der Waals surface area contributed by atoms with Crippen LogP contribution < -0.4 is 10.0 Å². The SMILES string of the molecule is Cc1ccc(S(=O)(=O)NCC2CCC(C(=O)N[C@H](C)C(=O)N3CCc4ccccc4C3)CC2)cc1. The number of nitrogens with zero attached hydrogens (tertiary/aromatic N) is 1. The molecule has 2 aromatic rings. The van der Waals surface area contributed by atoms with E-state index in [1.807, 2.05) is 24.0 Å². The summed E-state index contributed by atoms with van der Waals surface area (Å²) in [6, 6.07) is 14.4. The number of rotatable bonds is 7. The second-order valence-corrected chi connectivity index (χ2v) is 11.7. The van der Waals surface area contributed by atoms with Crippen molar-refractivity contribution in [1.29, 1.82) is 0 Å². The zero-order valence-corrected chi connectivity index (χ0v) is 21.3. The van der Waals surface area contributed by atoms with Crippen LogP contribution in [-0.2, 0) is 32.6 Å². The van der Waals surface area contributed by atoms with Crippen molar-refractivity contribution in [2.45, 2.75) is 63.4 Å². The second kappa shape index (κ2) is 10.9. The summed E-state index contributed by atoms with van der Waals surface area (Å²) >= 11 is 0. The molecule has 35 heavy (non-hydrogen) atoms. The standard InChI is InChI=1S/C27H35N3O4S/c1-19-7-13-25(14-8-19)35(33,34)28-17-21-9-11-23(12-10-21)26(31)29-20(2)27(32)30-16-15-22-5-3-4-6-24(22)18-30/h3-8,13-14,20-21,23,28H,9-12,15-18H2,1-2H3,(H,29,31)/t20-,21?,23?/m1/s1. The van der Waals surface area contributed by atoms with Crippen molar-refractivity contribution >= 4 is 21.8 Å². The fraction of sp³-hybridized carbons (Fsp3) is 0.481. The Morgan fingerprint density at radius 3 is 2.34 bits per heavy atom. The Morgan fingerprint density at radius 2 is 1.66 bits per heavy atom. The van der Waals surface area contributed by atoms with Crippen molar-refractivity contribution in [2.24, 2.45) is 11.8 Å². The van der Waals surface area contributed by atoms with Gasteiger partial charge in [0.15, 0.2) is 0 Å². The van der Waals surface area contributed by atoms with Crippen LogP contribution in [0.2, 0.25) is 0 Å². The summed E-state index contributed by atoms with van der Waals surface area (Å²) in [5.41, 5.74) is 3.46. The molecule has 0 aromatic heterocycles. The summed E-state index contributed by atoms with van der Waals surface area (Å²) in [6.07, 6.45) is 3.78. The van der Waals surface area contributed by atoms with Crippen LogP contribution in [0.25, 0.3) is 0 Å². The topological polar surface area (TPSA) is 95.6 Å². The van der Waals surface area contributed by atoms with E-state index in [-0.39, 0.29) is 28.5 Å². The van der Waals surface area contributed by atoms with Crippen LogP contribution in [-0.4, -0.2) is 44.3 Å². The van der Waals surface area contributed by atoms with Gasteiger partial charge in [0.2, 0.25) is 21.8 Å². The van der Waals surface area contributed by atoms with Crippen molar-refractivity contribution in [1.82, 2.24) is 14.9 Å². The summed E-state index contributed by atoms with van der Waals surface area (Å²) in [7, 11) is -3.53. The third kappa shape index (κ3) is 6.30. The fourth-order valence-corrected chi connectivity index (χ4v) is 6.12. The van der Waals surface area contributed by atoms with Crippen molar-refractivity contribution in [3.05, 3.63) is 65.2 Å². The summed E-state index contributed by atoms with van der Waals surface area (Å²) in [4.78, 5) is 27.9.